The molecule has 0 fully saturated rings. The fourth-order valence-electron chi connectivity index (χ4n) is 1.61. The van der Waals surface area contributed by atoms with Crippen LogP contribution in [0.3, 0.4) is 0 Å². The first-order valence-electron chi connectivity index (χ1n) is 6.29. The number of hydrogen-bond donors (Lipinski definition) is 2. The van der Waals surface area contributed by atoms with Gasteiger partial charge >= 0.3 is 5.97 Å². The summed E-state index contributed by atoms with van der Waals surface area (Å²) in [6, 6.07) is 6.16. The van der Waals surface area contributed by atoms with E-state index in [1.807, 2.05) is 13.8 Å². The summed E-state index contributed by atoms with van der Waals surface area (Å²) < 4.78 is 6.20. The van der Waals surface area contributed by atoms with Crippen LogP contribution in [0, 0.1) is 5.92 Å². The first-order chi connectivity index (χ1) is 9.38. The van der Waals surface area contributed by atoms with Gasteiger partial charge in [-0.15, -0.1) is 0 Å². The molecule has 0 aromatic heterocycles. The second kappa shape index (κ2) is 7.89. The third-order valence-electron chi connectivity index (χ3n) is 2.52. The van der Waals surface area contributed by atoms with Gasteiger partial charge in [-0.1, -0.05) is 29.8 Å². The number of carboxylic acid groups (broad SMARTS) is 1. The smallest absolute Gasteiger partial charge is 0.326 e. The number of aliphatic carboxylic acids is 1. The molecule has 1 aromatic carbocycles. The summed E-state index contributed by atoms with van der Waals surface area (Å²) in [6.07, 6.45) is 0.388. The van der Waals surface area contributed by atoms with Gasteiger partial charge in [0.05, 0.1) is 0 Å². The standard InChI is InChI=1S/C14H18BrNO4/c1-9(2)7-12(14(18)19)16-13(17)8-20-11-5-3-10(15)4-6-11/h3-6,9,12H,7-8H2,1-2H3,(H,16,17)(H,18,19)/t12-/m1/s1. The summed E-state index contributed by atoms with van der Waals surface area (Å²) in [4.78, 5) is 22.7. The van der Waals surface area contributed by atoms with E-state index in [-0.39, 0.29) is 12.5 Å². The molecule has 1 rings (SSSR count). The minimum Gasteiger partial charge on any atom is -0.484 e. The lowest BCUT2D eigenvalue weighted by Gasteiger charge is -2.16. The predicted molar refractivity (Wildman–Crippen MR) is 78.7 cm³/mol. The average Bonchev–Trinajstić information content (AvgIpc) is 2.36. The van der Waals surface area contributed by atoms with E-state index in [4.69, 9.17) is 9.84 Å². The van der Waals surface area contributed by atoms with Gasteiger partial charge in [0.2, 0.25) is 0 Å². The molecule has 20 heavy (non-hydrogen) atoms. The van der Waals surface area contributed by atoms with Crippen LogP contribution >= 0.6 is 15.9 Å². The Labute approximate surface area is 126 Å². The second-order valence-corrected chi connectivity index (χ2v) is 5.75. The van der Waals surface area contributed by atoms with E-state index < -0.39 is 17.9 Å². The molecule has 1 amide bonds. The minimum absolute atomic E-state index is 0.184. The van der Waals surface area contributed by atoms with Gasteiger partial charge in [-0.3, -0.25) is 4.79 Å². The quantitative estimate of drug-likeness (QED) is 0.797. The molecule has 0 heterocycles. The van der Waals surface area contributed by atoms with Crippen molar-refractivity contribution in [2.75, 3.05) is 6.61 Å². The normalized spacial score (nSPS) is 12.0. The predicted octanol–water partition coefficient (Wildman–Crippen LogP) is 2.44. The molecule has 0 unspecified atom stereocenters. The van der Waals surface area contributed by atoms with Crippen LogP contribution in [0.2, 0.25) is 0 Å². The monoisotopic (exact) mass is 343 g/mol. The van der Waals surface area contributed by atoms with E-state index in [1.54, 1.807) is 24.3 Å². The van der Waals surface area contributed by atoms with Crippen molar-refractivity contribution < 1.29 is 19.4 Å². The number of carbonyl (C=O) groups excluding carboxylic acids is 1. The molecule has 0 radical (unpaired) electrons. The first-order valence-corrected chi connectivity index (χ1v) is 7.08. The summed E-state index contributed by atoms with van der Waals surface area (Å²) >= 11 is 3.30. The lowest BCUT2D eigenvalue weighted by molar-refractivity contribution is -0.142. The van der Waals surface area contributed by atoms with Crippen molar-refractivity contribution in [3.8, 4) is 5.75 Å². The maximum atomic E-state index is 11.7. The van der Waals surface area contributed by atoms with Crippen molar-refractivity contribution in [1.82, 2.24) is 5.32 Å². The third-order valence-corrected chi connectivity index (χ3v) is 3.05. The van der Waals surface area contributed by atoms with Crippen LogP contribution in [-0.2, 0) is 9.59 Å². The number of benzene rings is 1. The molecule has 0 aliphatic rings. The van der Waals surface area contributed by atoms with Crippen LogP contribution in [-0.4, -0.2) is 29.6 Å². The molecule has 2 N–H and O–H groups in total. The molecular weight excluding hydrogens is 326 g/mol. The van der Waals surface area contributed by atoms with Crippen LogP contribution in [0.4, 0.5) is 0 Å². The van der Waals surface area contributed by atoms with Crippen molar-refractivity contribution in [1.29, 1.82) is 0 Å². The number of halogens is 1. The number of rotatable bonds is 7. The van der Waals surface area contributed by atoms with Gasteiger partial charge < -0.3 is 15.2 Å². The molecule has 0 aliphatic carbocycles. The number of amides is 1. The van der Waals surface area contributed by atoms with Gasteiger partial charge in [0, 0.05) is 4.47 Å². The highest BCUT2D eigenvalue weighted by Gasteiger charge is 2.21. The highest BCUT2D eigenvalue weighted by atomic mass is 79.9. The van der Waals surface area contributed by atoms with Crippen LogP contribution in [0.5, 0.6) is 5.75 Å². The summed E-state index contributed by atoms with van der Waals surface area (Å²) in [6.45, 7) is 3.60. The molecule has 0 spiro atoms. The first kappa shape index (κ1) is 16.5. The number of carboxylic acids is 1. The molecule has 0 aliphatic heterocycles. The summed E-state index contributed by atoms with van der Waals surface area (Å²) in [5.74, 6) is -0.737. The van der Waals surface area contributed by atoms with Crippen molar-refractivity contribution in [2.45, 2.75) is 26.3 Å². The van der Waals surface area contributed by atoms with E-state index in [1.165, 1.54) is 0 Å². The topological polar surface area (TPSA) is 75.6 Å². The van der Waals surface area contributed by atoms with Crippen molar-refractivity contribution in [3.05, 3.63) is 28.7 Å². The Balaban J connectivity index is 2.45. The number of hydrogen-bond acceptors (Lipinski definition) is 3. The zero-order valence-corrected chi connectivity index (χ0v) is 13.0. The highest BCUT2D eigenvalue weighted by Crippen LogP contribution is 2.15. The Morgan fingerprint density at radius 1 is 1.30 bits per heavy atom. The van der Waals surface area contributed by atoms with Crippen LogP contribution in [0.1, 0.15) is 20.3 Å². The lowest BCUT2D eigenvalue weighted by Crippen LogP contribution is -2.43. The molecule has 0 bridgehead atoms. The Kier molecular flexibility index (Phi) is 6.51. The zero-order chi connectivity index (χ0) is 15.1. The number of ether oxygens (including phenoxy) is 1. The average molecular weight is 344 g/mol. The fraction of sp³-hybridized carbons (Fsp3) is 0.429. The van der Waals surface area contributed by atoms with Gasteiger partial charge in [0.25, 0.3) is 5.91 Å². The number of nitrogens with one attached hydrogen (secondary N) is 1. The lowest BCUT2D eigenvalue weighted by atomic mass is 10.0. The largest absolute Gasteiger partial charge is 0.484 e. The van der Waals surface area contributed by atoms with E-state index in [0.29, 0.717) is 12.2 Å². The molecule has 0 saturated heterocycles. The number of carbonyl (C=O) groups is 2. The Hall–Kier alpha value is -1.56. The van der Waals surface area contributed by atoms with E-state index in [0.717, 1.165) is 4.47 Å². The van der Waals surface area contributed by atoms with Crippen molar-refractivity contribution in [2.24, 2.45) is 5.92 Å². The molecule has 6 heteroatoms. The van der Waals surface area contributed by atoms with Gasteiger partial charge in [0.1, 0.15) is 11.8 Å². The minimum atomic E-state index is -1.03. The maximum absolute atomic E-state index is 11.7. The van der Waals surface area contributed by atoms with E-state index in [2.05, 4.69) is 21.2 Å². The second-order valence-electron chi connectivity index (χ2n) is 4.83. The molecule has 0 saturated carbocycles. The Bertz CT molecular complexity index is 459. The fourth-order valence-corrected chi connectivity index (χ4v) is 1.87. The zero-order valence-electron chi connectivity index (χ0n) is 11.4. The van der Waals surface area contributed by atoms with Gasteiger partial charge in [-0.05, 0) is 36.6 Å². The highest BCUT2D eigenvalue weighted by molar-refractivity contribution is 9.10. The molecule has 5 nitrogen and oxygen atoms in total. The summed E-state index contributed by atoms with van der Waals surface area (Å²) in [5, 5.41) is 11.5. The van der Waals surface area contributed by atoms with Crippen LogP contribution in [0.15, 0.2) is 28.7 Å². The Morgan fingerprint density at radius 2 is 1.90 bits per heavy atom. The van der Waals surface area contributed by atoms with Crippen molar-refractivity contribution >= 4 is 27.8 Å². The van der Waals surface area contributed by atoms with E-state index >= 15 is 0 Å². The third kappa shape index (κ3) is 6.06. The van der Waals surface area contributed by atoms with Gasteiger partial charge in [-0.25, -0.2) is 4.79 Å². The molecule has 1 aromatic rings. The summed E-state index contributed by atoms with van der Waals surface area (Å²) in [7, 11) is 0. The van der Waals surface area contributed by atoms with Crippen LogP contribution in [0.25, 0.3) is 0 Å². The molecule has 1 atom stereocenters. The SMILES string of the molecule is CC(C)C[C@@H](NC(=O)COc1ccc(Br)cc1)C(=O)O. The molecule has 110 valence electrons. The molecular formula is C14H18BrNO4. The van der Waals surface area contributed by atoms with Crippen LogP contribution < -0.4 is 10.1 Å². The van der Waals surface area contributed by atoms with Gasteiger partial charge in [-0.2, -0.15) is 0 Å². The Morgan fingerprint density at radius 3 is 2.40 bits per heavy atom. The maximum Gasteiger partial charge on any atom is 0.326 e. The van der Waals surface area contributed by atoms with E-state index in [9.17, 15) is 9.59 Å². The summed E-state index contributed by atoms with van der Waals surface area (Å²) in [5.41, 5.74) is 0. The van der Waals surface area contributed by atoms with Crippen molar-refractivity contribution in [3.63, 3.8) is 0 Å². The van der Waals surface area contributed by atoms with Gasteiger partial charge in [0.15, 0.2) is 6.61 Å².